The molecule has 1 aromatic heterocycles. The van der Waals surface area contributed by atoms with Crippen molar-refractivity contribution in [1.82, 2.24) is 10.3 Å². The van der Waals surface area contributed by atoms with Crippen LogP contribution in [0.1, 0.15) is 19.4 Å². The summed E-state index contributed by atoms with van der Waals surface area (Å²) in [4.78, 5) is 18.3. The number of amides is 2. The fraction of sp³-hybridized carbons (Fsp3) is 0.400. The minimum absolute atomic E-state index is 0.0207. The van der Waals surface area contributed by atoms with Gasteiger partial charge in [0.25, 0.3) is 0 Å². The second-order valence-electron chi connectivity index (χ2n) is 6.40. The van der Waals surface area contributed by atoms with Crippen LogP contribution in [0, 0.1) is 0 Å². The van der Waals surface area contributed by atoms with Gasteiger partial charge < -0.3 is 25.4 Å². The van der Waals surface area contributed by atoms with E-state index in [9.17, 15) is 23.1 Å². The molecule has 3 N–H and O–H groups in total. The molecule has 0 aliphatic heterocycles. The third kappa shape index (κ3) is 7.11. The number of hydrogen-bond acceptors (Lipinski definition) is 5. The Morgan fingerprint density at radius 2 is 1.97 bits per heavy atom. The Balaban J connectivity index is 1.77. The SMILES string of the molecule is CCN(CC)c1ccc(NC(=O)NCC(O)COc2cccc(C(F)(F)F)c2)cn1. The van der Waals surface area contributed by atoms with Crippen molar-refractivity contribution in [3.05, 3.63) is 48.2 Å². The lowest BCUT2D eigenvalue weighted by Gasteiger charge is -2.19. The van der Waals surface area contributed by atoms with Crippen LogP contribution in [0.5, 0.6) is 5.75 Å². The van der Waals surface area contributed by atoms with Gasteiger partial charge in [0.2, 0.25) is 0 Å². The Labute approximate surface area is 172 Å². The zero-order valence-corrected chi connectivity index (χ0v) is 16.7. The maximum absolute atomic E-state index is 12.7. The lowest BCUT2D eigenvalue weighted by Crippen LogP contribution is -2.37. The quantitative estimate of drug-likeness (QED) is 0.571. The van der Waals surface area contributed by atoms with Crippen molar-refractivity contribution < 1.29 is 27.8 Å². The van der Waals surface area contributed by atoms with Crippen LogP contribution in [0.4, 0.5) is 29.5 Å². The van der Waals surface area contributed by atoms with E-state index in [0.29, 0.717) is 5.69 Å². The van der Waals surface area contributed by atoms with E-state index >= 15 is 0 Å². The molecule has 0 bridgehead atoms. The number of hydrogen-bond donors (Lipinski definition) is 3. The average Bonchev–Trinajstić information content (AvgIpc) is 2.72. The highest BCUT2D eigenvalue weighted by Gasteiger charge is 2.30. The molecule has 0 saturated heterocycles. The fourth-order valence-electron chi connectivity index (χ4n) is 2.59. The van der Waals surface area contributed by atoms with E-state index in [-0.39, 0.29) is 18.9 Å². The van der Waals surface area contributed by atoms with E-state index < -0.39 is 23.9 Å². The smallest absolute Gasteiger partial charge is 0.416 e. The van der Waals surface area contributed by atoms with Gasteiger partial charge in [0.15, 0.2) is 0 Å². The number of pyridine rings is 1. The van der Waals surface area contributed by atoms with Crippen molar-refractivity contribution in [2.45, 2.75) is 26.1 Å². The van der Waals surface area contributed by atoms with Gasteiger partial charge in [-0.1, -0.05) is 6.07 Å². The molecule has 1 aromatic carbocycles. The largest absolute Gasteiger partial charge is 0.491 e. The van der Waals surface area contributed by atoms with E-state index in [2.05, 4.69) is 20.5 Å². The first-order chi connectivity index (χ1) is 14.2. The first kappa shape index (κ1) is 23.3. The number of nitrogens with zero attached hydrogens (tertiary/aromatic N) is 2. The number of benzene rings is 1. The molecular formula is C20H25F3N4O3. The molecule has 30 heavy (non-hydrogen) atoms. The molecule has 0 fully saturated rings. The summed E-state index contributed by atoms with van der Waals surface area (Å²) in [5.74, 6) is 0.779. The summed E-state index contributed by atoms with van der Waals surface area (Å²) in [7, 11) is 0. The Morgan fingerprint density at radius 1 is 1.23 bits per heavy atom. The van der Waals surface area contributed by atoms with Crippen LogP contribution < -0.4 is 20.3 Å². The highest BCUT2D eigenvalue weighted by molar-refractivity contribution is 5.89. The van der Waals surface area contributed by atoms with E-state index in [1.54, 1.807) is 12.1 Å². The number of aromatic nitrogens is 1. The maximum Gasteiger partial charge on any atom is 0.416 e. The molecular weight excluding hydrogens is 401 g/mol. The van der Waals surface area contributed by atoms with Crippen LogP contribution in [-0.2, 0) is 6.18 Å². The summed E-state index contributed by atoms with van der Waals surface area (Å²) in [5.41, 5.74) is -0.356. The van der Waals surface area contributed by atoms with Crippen molar-refractivity contribution in [2.24, 2.45) is 0 Å². The second-order valence-corrected chi connectivity index (χ2v) is 6.40. The van der Waals surface area contributed by atoms with E-state index in [1.807, 2.05) is 13.8 Å². The number of alkyl halides is 3. The van der Waals surface area contributed by atoms with Crippen molar-refractivity contribution in [2.75, 3.05) is 36.5 Å². The van der Waals surface area contributed by atoms with Crippen molar-refractivity contribution in [3.63, 3.8) is 0 Å². The van der Waals surface area contributed by atoms with Gasteiger partial charge in [0, 0.05) is 19.6 Å². The van der Waals surface area contributed by atoms with Gasteiger partial charge in [-0.3, -0.25) is 0 Å². The second kappa shape index (κ2) is 10.7. The monoisotopic (exact) mass is 426 g/mol. The number of carbonyl (C=O) groups excluding carboxylic acids is 1. The molecule has 0 aliphatic carbocycles. The molecule has 2 amide bonds. The van der Waals surface area contributed by atoms with Crippen LogP contribution in [0.15, 0.2) is 42.6 Å². The van der Waals surface area contributed by atoms with E-state index in [1.165, 1.54) is 18.3 Å². The number of ether oxygens (including phenoxy) is 1. The molecule has 2 rings (SSSR count). The highest BCUT2D eigenvalue weighted by Crippen LogP contribution is 2.31. The van der Waals surface area contributed by atoms with Crippen LogP contribution in [0.3, 0.4) is 0 Å². The van der Waals surface area contributed by atoms with Crippen LogP contribution in [-0.4, -0.2) is 48.5 Å². The van der Waals surface area contributed by atoms with Gasteiger partial charge in [0.1, 0.15) is 24.3 Å². The Bertz CT molecular complexity index is 812. The van der Waals surface area contributed by atoms with Gasteiger partial charge in [-0.15, -0.1) is 0 Å². The fourth-order valence-corrected chi connectivity index (χ4v) is 2.59. The Morgan fingerprint density at radius 3 is 2.57 bits per heavy atom. The number of urea groups is 1. The molecule has 1 atom stereocenters. The zero-order valence-electron chi connectivity index (χ0n) is 16.7. The van der Waals surface area contributed by atoms with Crippen LogP contribution in [0.2, 0.25) is 0 Å². The lowest BCUT2D eigenvalue weighted by molar-refractivity contribution is -0.137. The number of anilines is 2. The molecule has 7 nitrogen and oxygen atoms in total. The third-order valence-corrected chi connectivity index (χ3v) is 4.20. The number of nitrogens with one attached hydrogen (secondary N) is 2. The summed E-state index contributed by atoms with van der Waals surface area (Å²) in [6, 6.07) is 7.31. The predicted octanol–water partition coefficient (Wildman–Crippen LogP) is 3.51. The topological polar surface area (TPSA) is 86.7 Å². The van der Waals surface area contributed by atoms with Gasteiger partial charge in [0.05, 0.1) is 17.4 Å². The van der Waals surface area contributed by atoms with Gasteiger partial charge in [-0.2, -0.15) is 13.2 Å². The first-order valence-corrected chi connectivity index (χ1v) is 9.46. The molecule has 2 aromatic rings. The molecule has 1 unspecified atom stereocenters. The zero-order chi connectivity index (χ0) is 22.1. The van der Waals surface area contributed by atoms with E-state index in [0.717, 1.165) is 31.0 Å². The standard InChI is InChI=1S/C20H25F3N4O3/c1-3-27(4-2)18-9-8-15(11-24-18)26-19(29)25-12-16(28)13-30-17-7-5-6-14(10-17)20(21,22)23/h5-11,16,28H,3-4,12-13H2,1-2H3,(H2,25,26,29). The van der Waals surface area contributed by atoms with Gasteiger partial charge in [-0.25, -0.2) is 9.78 Å². The summed E-state index contributed by atoms with van der Waals surface area (Å²) in [5, 5.41) is 15.0. The summed E-state index contributed by atoms with van der Waals surface area (Å²) >= 11 is 0. The number of carbonyl (C=O) groups is 1. The molecule has 0 saturated carbocycles. The van der Waals surface area contributed by atoms with Crippen molar-refractivity contribution in [3.8, 4) is 5.75 Å². The summed E-state index contributed by atoms with van der Waals surface area (Å²) in [6.07, 6.45) is -4.05. The molecule has 0 aliphatic rings. The van der Waals surface area contributed by atoms with Crippen molar-refractivity contribution >= 4 is 17.5 Å². The predicted molar refractivity (Wildman–Crippen MR) is 108 cm³/mol. The van der Waals surface area contributed by atoms with E-state index in [4.69, 9.17) is 4.74 Å². The minimum Gasteiger partial charge on any atom is -0.491 e. The Hall–Kier alpha value is -3.01. The molecule has 164 valence electrons. The van der Waals surface area contributed by atoms with Crippen molar-refractivity contribution in [1.29, 1.82) is 0 Å². The number of aliphatic hydroxyl groups is 1. The Kier molecular flexibility index (Phi) is 8.28. The number of aliphatic hydroxyl groups excluding tert-OH is 1. The molecule has 1 heterocycles. The maximum atomic E-state index is 12.7. The van der Waals surface area contributed by atoms with Gasteiger partial charge in [-0.05, 0) is 44.2 Å². The highest BCUT2D eigenvalue weighted by atomic mass is 19.4. The van der Waals surface area contributed by atoms with Crippen LogP contribution in [0.25, 0.3) is 0 Å². The minimum atomic E-state index is -4.48. The number of halogens is 3. The van der Waals surface area contributed by atoms with Crippen LogP contribution >= 0.6 is 0 Å². The summed E-state index contributed by atoms with van der Waals surface area (Å²) in [6.45, 7) is 5.26. The summed E-state index contributed by atoms with van der Waals surface area (Å²) < 4.78 is 43.2. The normalized spacial score (nSPS) is 12.2. The molecule has 0 spiro atoms. The average molecular weight is 426 g/mol. The van der Waals surface area contributed by atoms with Gasteiger partial charge >= 0.3 is 12.2 Å². The molecule has 0 radical (unpaired) electrons. The first-order valence-electron chi connectivity index (χ1n) is 9.46. The lowest BCUT2D eigenvalue weighted by atomic mass is 10.2. The third-order valence-electron chi connectivity index (χ3n) is 4.20. The number of rotatable bonds is 9. The molecule has 10 heteroatoms.